The summed E-state index contributed by atoms with van der Waals surface area (Å²) >= 11 is 0. The smallest absolute Gasteiger partial charge is 0.383 e. The Morgan fingerprint density at radius 3 is 2.56 bits per heavy atom. The number of rotatable bonds is 7. The lowest BCUT2D eigenvalue weighted by molar-refractivity contribution is -0.135. The van der Waals surface area contributed by atoms with E-state index in [1.807, 2.05) is 6.92 Å². The van der Waals surface area contributed by atoms with Crippen molar-refractivity contribution in [2.24, 2.45) is 10.8 Å². The second-order valence-corrected chi connectivity index (χ2v) is 3.95. The average molecular weight is 270 g/mol. The highest BCUT2D eigenvalue weighted by Gasteiger charge is 2.25. The van der Waals surface area contributed by atoms with Gasteiger partial charge >= 0.3 is 6.18 Å². The van der Waals surface area contributed by atoms with Gasteiger partial charge in [0.1, 0.15) is 0 Å². The van der Waals surface area contributed by atoms with Gasteiger partial charge in [0.05, 0.1) is 6.61 Å². The van der Waals surface area contributed by atoms with Crippen molar-refractivity contribution in [2.75, 3.05) is 20.3 Å². The number of alkyl halides is 3. The third-order valence-corrected chi connectivity index (χ3v) is 2.07. The molecule has 0 saturated carbocycles. The van der Waals surface area contributed by atoms with Crippen LogP contribution in [0.2, 0.25) is 0 Å². The van der Waals surface area contributed by atoms with Crippen molar-refractivity contribution in [1.82, 2.24) is 10.7 Å². The molecule has 0 spiro atoms. The Morgan fingerprint density at radius 2 is 2.06 bits per heavy atom. The fourth-order valence-corrected chi connectivity index (χ4v) is 1.29. The van der Waals surface area contributed by atoms with Crippen LogP contribution < -0.4 is 16.6 Å². The molecule has 0 amide bonds. The predicted octanol–water partition coefficient (Wildman–Crippen LogP) is 1.16. The maximum Gasteiger partial charge on any atom is 0.389 e. The average Bonchev–Trinajstić information content (AvgIpc) is 2.25. The molecule has 0 aromatic rings. The molecular weight excluding hydrogens is 249 g/mol. The van der Waals surface area contributed by atoms with Gasteiger partial charge in [-0.05, 0) is 19.8 Å². The number of nitrogens with two attached hydrogens (primary N) is 1. The van der Waals surface area contributed by atoms with E-state index in [1.54, 1.807) is 7.11 Å². The number of hydrazine groups is 1. The Morgan fingerprint density at radius 1 is 1.39 bits per heavy atom. The molecule has 0 aromatic carbocycles. The summed E-state index contributed by atoms with van der Waals surface area (Å²) in [6.45, 7) is 2.65. The number of hydrogen-bond acceptors (Lipinski definition) is 3. The molecule has 0 aromatic heterocycles. The van der Waals surface area contributed by atoms with Crippen molar-refractivity contribution in [2.45, 2.75) is 38.4 Å². The highest BCUT2D eigenvalue weighted by Crippen LogP contribution is 2.21. The number of ether oxygens (including phenoxy) is 1. The molecule has 1 atom stereocenters. The number of halogens is 3. The highest BCUT2D eigenvalue weighted by molar-refractivity contribution is 5.79. The van der Waals surface area contributed by atoms with Gasteiger partial charge < -0.3 is 10.1 Å². The lowest BCUT2D eigenvalue weighted by Gasteiger charge is -2.15. The number of nitrogens with zero attached hydrogens (tertiary/aromatic N) is 1. The molecule has 0 fully saturated rings. The van der Waals surface area contributed by atoms with E-state index in [0.717, 1.165) is 0 Å². The second-order valence-electron chi connectivity index (χ2n) is 3.95. The molecule has 0 radical (unpaired) electrons. The summed E-state index contributed by atoms with van der Waals surface area (Å²) in [5.74, 6) is 5.59. The zero-order chi connectivity index (χ0) is 14.0. The van der Waals surface area contributed by atoms with E-state index in [4.69, 9.17) is 10.6 Å². The van der Waals surface area contributed by atoms with Crippen molar-refractivity contribution in [3.63, 3.8) is 0 Å². The molecule has 0 aliphatic carbocycles. The first-order chi connectivity index (χ1) is 8.39. The first-order valence-electron chi connectivity index (χ1n) is 5.72. The van der Waals surface area contributed by atoms with E-state index in [1.165, 1.54) is 0 Å². The quantitative estimate of drug-likeness (QED) is 0.213. The van der Waals surface area contributed by atoms with E-state index in [2.05, 4.69) is 15.7 Å². The first-order valence-corrected chi connectivity index (χ1v) is 5.72. The summed E-state index contributed by atoms with van der Waals surface area (Å²) < 4.78 is 40.5. The monoisotopic (exact) mass is 270 g/mol. The first kappa shape index (κ1) is 17.0. The largest absolute Gasteiger partial charge is 0.389 e. The summed E-state index contributed by atoms with van der Waals surface area (Å²) in [5, 5.41) is 2.94. The molecule has 18 heavy (non-hydrogen) atoms. The maximum atomic E-state index is 11.9. The van der Waals surface area contributed by atoms with Gasteiger partial charge in [-0.3, -0.25) is 10.4 Å². The summed E-state index contributed by atoms with van der Waals surface area (Å²) in [4.78, 5) is 4.03. The van der Waals surface area contributed by atoms with Crippen LogP contribution in [0.1, 0.15) is 26.2 Å². The fourth-order valence-electron chi connectivity index (χ4n) is 1.29. The third kappa shape index (κ3) is 10.2. The van der Waals surface area contributed by atoms with Crippen LogP contribution in [0.5, 0.6) is 0 Å². The van der Waals surface area contributed by atoms with Crippen LogP contribution in [0.3, 0.4) is 0 Å². The molecule has 108 valence electrons. The number of nitrogens with one attached hydrogen (secondary N) is 2. The Kier molecular flexibility index (Phi) is 8.47. The normalized spacial score (nSPS) is 14.4. The zero-order valence-corrected chi connectivity index (χ0v) is 10.7. The molecule has 0 aliphatic rings. The fraction of sp³-hybridized carbons (Fsp3) is 0.900. The molecule has 0 aliphatic heterocycles. The minimum Gasteiger partial charge on any atom is -0.383 e. The van der Waals surface area contributed by atoms with E-state index in [0.29, 0.717) is 25.5 Å². The van der Waals surface area contributed by atoms with Gasteiger partial charge in [-0.2, -0.15) is 13.2 Å². The van der Waals surface area contributed by atoms with Crippen LogP contribution in [0.4, 0.5) is 13.2 Å². The number of hydrogen-bond donors (Lipinski definition) is 3. The molecular formula is C10H21F3N4O. The third-order valence-electron chi connectivity index (χ3n) is 2.07. The summed E-state index contributed by atoms with van der Waals surface area (Å²) in [6, 6.07) is 0.0139. The Balaban J connectivity index is 3.84. The van der Waals surface area contributed by atoms with Crippen molar-refractivity contribution in [1.29, 1.82) is 0 Å². The molecule has 0 rings (SSSR count). The number of guanidine groups is 1. The van der Waals surface area contributed by atoms with Gasteiger partial charge in [-0.25, -0.2) is 5.84 Å². The van der Waals surface area contributed by atoms with Crippen molar-refractivity contribution in [3.05, 3.63) is 0 Å². The van der Waals surface area contributed by atoms with E-state index in [9.17, 15) is 13.2 Å². The zero-order valence-electron chi connectivity index (χ0n) is 10.7. The summed E-state index contributed by atoms with van der Waals surface area (Å²) in [7, 11) is 1.57. The maximum absolute atomic E-state index is 11.9. The molecule has 0 bridgehead atoms. The van der Waals surface area contributed by atoms with Crippen molar-refractivity contribution in [3.8, 4) is 0 Å². The minimum absolute atomic E-state index is 0.0139. The minimum atomic E-state index is -4.09. The van der Waals surface area contributed by atoms with Gasteiger partial charge in [0.25, 0.3) is 0 Å². The van der Waals surface area contributed by atoms with Crippen molar-refractivity contribution >= 4 is 5.96 Å². The topological polar surface area (TPSA) is 71.7 Å². The standard InChI is InChI=1S/C10H21F3N4O/c1-8(7-18-2)16-9(17-14)15-6-4-3-5-10(11,12)13/h8H,3-7,14H2,1-2H3,(H2,15,16,17). The number of methoxy groups -OCH3 is 1. The van der Waals surface area contributed by atoms with Crippen LogP contribution >= 0.6 is 0 Å². The van der Waals surface area contributed by atoms with Crippen LogP contribution in [0, 0.1) is 0 Å². The van der Waals surface area contributed by atoms with Gasteiger partial charge in [0.2, 0.25) is 5.96 Å². The summed E-state index contributed by atoms with van der Waals surface area (Å²) in [6.07, 6.45) is -4.44. The Bertz CT molecular complexity index is 246. The number of aliphatic imine (C=N–C) groups is 1. The van der Waals surface area contributed by atoms with Gasteiger partial charge in [-0.1, -0.05) is 0 Å². The van der Waals surface area contributed by atoms with Crippen LogP contribution in [-0.2, 0) is 4.74 Å². The molecule has 1 unspecified atom stereocenters. The molecule has 4 N–H and O–H groups in total. The summed E-state index contributed by atoms with van der Waals surface area (Å²) in [5.41, 5.74) is 2.36. The molecule has 0 saturated heterocycles. The Labute approximate surface area is 105 Å². The highest BCUT2D eigenvalue weighted by atomic mass is 19.4. The van der Waals surface area contributed by atoms with E-state index >= 15 is 0 Å². The lowest BCUT2D eigenvalue weighted by atomic mass is 10.2. The van der Waals surface area contributed by atoms with Gasteiger partial charge in [0.15, 0.2) is 0 Å². The molecule has 5 nitrogen and oxygen atoms in total. The van der Waals surface area contributed by atoms with Crippen LogP contribution in [-0.4, -0.2) is 38.4 Å². The van der Waals surface area contributed by atoms with Crippen LogP contribution in [0.15, 0.2) is 4.99 Å². The second kappa shape index (κ2) is 8.98. The SMILES string of the molecule is COCC(C)NC(=NCCCCC(F)(F)F)NN. The van der Waals surface area contributed by atoms with Gasteiger partial charge in [-0.15, -0.1) is 0 Å². The van der Waals surface area contributed by atoms with Gasteiger partial charge in [0, 0.05) is 26.1 Å². The van der Waals surface area contributed by atoms with E-state index in [-0.39, 0.29) is 12.5 Å². The van der Waals surface area contributed by atoms with Crippen LogP contribution in [0.25, 0.3) is 0 Å². The molecule has 0 heterocycles. The predicted molar refractivity (Wildman–Crippen MR) is 64.0 cm³/mol. The van der Waals surface area contributed by atoms with Crippen molar-refractivity contribution < 1.29 is 17.9 Å². The molecule has 8 heteroatoms. The lowest BCUT2D eigenvalue weighted by Crippen LogP contribution is -2.46. The number of unbranched alkanes of at least 4 members (excludes halogenated alkanes) is 1. The Hall–Kier alpha value is -1.02. The van der Waals surface area contributed by atoms with E-state index < -0.39 is 12.6 Å².